The SMILES string of the molecule is CCCCOC[C@H](O)Cn1c(C(C)(C)CO)cc2cc(N)c(F)cc21. The molecule has 0 spiro atoms. The van der Waals surface area contributed by atoms with Gasteiger partial charge in [-0.15, -0.1) is 0 Å². The van der Waals surface area contributed by atoms with Crippen LogP contribution in [-0.4, -0.2) is 40.7 Å². The maximum Gasteiger partial charge on any atom is 0.148 e. The van der Waals surface area contributed by atoms with Crippen LogP contribution in [0.25, 0.3) is 10.9 Å². The molecule has 4 N–H and O–H groups in total. The second-order valence-corrected chi connectivity index (χ2v) is 7.20. The minimum absolute atomic E-state index is 0.0651. The summed E-state index contributed by atoms with van der Waals surface area (Å²) in [6.07, 6.45) is 1.27. The van der Waals surface area contributed by atoms with Crippen LogP contribution in [0.2, 0.25) is 0 Å². The van der Waals surface area contributed by atoms with Crippen LogP contribution in [0.5, 0.6) is 0 Å². The van der Waals surface area contributed by atoms with Crippen molar-refractivity contribution in [1.82, 2.24) is 4.57 Å². The molecule has 0 radical (unpaired) electrons. The van der Waals surface area contributed by atoms with E-state index in [1.807, 2.05) is 24.5 Å². The molecule has 0 amide bonds. The van der Waals surface area contributed by atoms with Gasteiger partial charge in [-0.1, -0.05) is 27.2 Å². The Morgan fingerprint density at radius 2 is 2.04 bits per heavy atom. The quantitative estimate of drug-likeness (QED) is 0.479. The third-order valence-electron chi connectivity index (χ3n) is 4.45. The van der Waals surface area contributed by atoms with E-state index < -0.39 is 17.3 Å². The van der Waals surface area contributed by atoms with Crippen LogP contribution < -0.4 is 5.73 Å². The monoisotopic (exact) mass is 352 g/mol. The first-order valence-corrected chi connectivity index (χ1v) is 8.75. The molecular weight excluding hydrogens is 323 g/mol. The number of hydrogen-bond acceptors (Lipinski definition) is 4. The zero-order chi connectivity index (χ0) is 18.6. The molecule has 1 aromatic heterocycles. The summed E-state index contributed by atoms with van der Waals surface area (Å²) in [5, 5.41) is 20.9. The molecule has 1 atom stereocenters. The summed E-state index contributed by atoms with van der Waals surface area (Å²) < 4.78 is 21.3. The number of nitrogen functional groups attached to an aromatic ring is 1. The van der Waals surface area contributed by atoms with Crippen LogP contribution in [0.4, 0.5) is 10.1 Å². The van der Waals surface area contributed by atoms with Crippen molar-refractivity contribution in [2.24, 2.45) is 0 Å². The van der Waals surface area contributed by atoms with E-state index >= 15 is 0 Å². The molecule has 0 bridgehead atoms. The van der Waals surface area contributed by atoms with Crippen molar-refractivity contribution in [1.29, 1.82) is 0 Å². The minimum atomic E-state index is -0.721. The van der Waals surface area contributed by atoms with Crippen molar-refractivity contribution >= 4 is 16.6 Å². The summed E-state index contributed by atoms with van der Waals surface area (Å²) >= 11 is 0. The molecule has 6 heteroatoms. The molecule has 0 saturated carbocycles. The average molecular weight is 352 g/mol. The fourth-order valence-corrected chi connectivity index (χ4v) is 2.87. The van der Waals surface area contributed by atoms with Crippen LogP contribution in [0.1, 0.15) is 39.3 Å². The van der Waals surface area contributed by atoms with Gasteiger partial charge in [-0.2, -0.15) is 0 Å². The highest BCUT2D eigenvalue weighted by Crippen LogP contribution is 2.32. The van der Waals surface area contributed by atoms with Gasteiger partial charge in [0.2, 0.25) is 0 Å². The second kappa shape index (κ2) is 8.17. The van der Waals surface area contributed by atoms with Gasteiger partial charge in [-0.25, -0.2) is 4.39 Å². The van der Waals surface area contributed by atoms with Crippen molar-refractivity contribution in [3.8, 4) is 0 Å². The van der Waals surface area contributed by atoms with E-state index in [1.165, 1.54) is 6.07 Å². The fourth-order valence-electron chi connectivity index (χ4n) is 2.87. The van der Waals surface area contributed by atoms with Crippen LogP contribution in [0.3, 0.4) is 0 Å². The number of aliphatic hydroxyl groups is 2. The largest absolute Gasteiger partial charge is 0.396 e. The third-order valence-corrected chi connectivity index (χ3v) is 4.45. The van der Waals surface area contributed by atoms with Crippen molar-refractivity contribution in [3.05, 3.63) is 29.7 Å². The standard InChI is InChI=1S/C19H29FN2O3/c1-4-5-6-25-11-14(24)10-22-17-9-15(20)16(21)7-13(17)8-18(22)19(2,3)12-23/h7-9,14,23-24H,4-6,10-12,21H2,1-3H3/t14-/m1/s1. The Balaban J connectivity index is 2.34. The van der Waals surface area contributed by atoms with Crippen LogP contribution in [-0.2, 0) is 16.7 Å². The number of halogens is 1. The Morgan fingerprint density at radius 1 is 1.32 bits per heavy atom. The molecule has 5 nitrogen and oxygen atoms in total. The summed E-state index contributed by atoms with van der Waals surface area (Å²) in [6, 6.07) is 4.86. The fraction of sp³-hybridized carbons (Fsp3) is 0.579. The van der Waals surface area contributed by atoms with E-state index in [0.29, 0.717) is 12.1 Å². The maximum absolute atomic E-state index is 14.0. The Kier molecular flexibility index (Phi) is 6.43. The van der Waals surface area contributed by atoms with E-state index in [4.69, 9.17) is 10.5 Å². The van der Waals surface area contributed by atoms with Crippen molar-refractivity contribution in [2.75, 3.05) is 25.6 Å². The van der Waals surface area contributed by atoms with Gasteiger partial charge in [0.05, 0.1) is 37.1 Å². The Labute approximate surface area is 148 Å². The number of ether oxygens (including phenoxy) is 1. The number of hydrogen-bond donors (Lipinski definition) is 3. The number of anilines is 1. The van der Waals surface area contributed by atoms with Crippen LogP contribution in [0.15, 0.2) is 18.2 Å². The highest BCUT2D eigenvalue weighted by atomic mass is 19.1. The van der Waals surface area contributed by atoms with Gasteiger partial charge >= 0.3 is 0 Å². The number of fused-ring (bicyclic) bond motifs is 1. The van der Waals surface area contributed by atoms with Gasteiger partial charge in [0.1, 0.15) is 5.82 Å². The Hall–Kier alpha value is -1.63. The lowest BCUT2D eigenvalue weighted by Crippen LogP contribution is -2.29. The highest BCUT2D eigenvalue weighted by Gasteiger charge is 2.26. The summed E-state index contributed by atoms with van der Waals surface area (Å²) in [4.78, 5) is 0. The van der Waals surface area contributed by atoms with Gasteiger partial charge in [-0.05, 0) is 18.6 Å². The second-order valence-electron chi connectivity index (χ2n) is 7.20. The lowest BCUT2D eigenvalue weighted by molar-refractivity contribution is 0.0268. The number of rotatable bonds is 9. The predicted octanol–water partition coefficient (Wildman–Crippen LogP) is 2.81. The van der Waals surface area contributed by atoms with Crippen molar-refractivity contribution in [2.45, 2.75) is 51.7 Å². The summed E-state index contributed by atoms with van der Waals surface area (Å²) in [7, 11) is 0. The zero-order valence-electron chi connectivity index (χ0n) is 15.3. The van der Waals surface area contributed by atoms with E-state index in [-0.39, 0.29) is 25.4 Å². The van der Waals surface area contributed by atoms with Crippen molar-refractivity contribution < 1.29 is 19.3 Å². The van der Waals surface area contributed by atoms with Gasteiger partial charge in [0.25, 0.3) is 0 Å². The van der Waals surface area contributed by atoms with E-state index in [0.717, 1.165) is 23.9 Å². The molecule has 25 heavy (non-hydrogen) atoms. The Morgan fingerprint density at radius 3 is 2.68 bits per heavy atom. The Bertz CT molecular complexity index is 712. The number of unbranched alkanes of at least 4 members (excludes halogenated alkanes) is 1. The van der Waals surface area contributed by atoms with Gasteiger partial charge in [0, 0.05) is 29.2 Å². The smallest absolute Gasteiger partial charge is 0.148 e. The maximum atomic E-state index is 14.0. The summed E-state index contributed by atoms with van der Waals surface area (Å²) in [6.45, 7) is 6.91. The molecule has 0 unspecified atom stereocenters. The molecule has 0 aliphatic rings. The normalized spacial score (nSPS) is 13.5. The molecule has 2 aromatic rings. The minimum Gasteiger partial charge on any atom is -0.396 e. The first kappa shape index (κ1) is 19.7. The van der Waals surface area contributed by atoms with E-state index in [1.54, 1.807) is 6.07 Å². The lowest BCUT2D eigenvalue weighted by atomic mass is 9.90. The molecule has 2 rings (SSSR count). The van der Waals surface area contributed by atoms with Crippen LogP contribution in [0, 0.1) is 5.82 Å². The van der Waals surface area contributed by atoms with E-state index in [9.17, 15) is 14.6 Å². The number of aromatic nitrogens is 1. The first-order valence-electron chi connectivity index (χ1n) is 8.75. The van der Waals surface area contributed by atoms with E-state index in [2.05, 4.69) is 6.92 Å². The molecule has 0 fully saturated rings. The van der Waals surface area contributed by atoms with Gasteiger partial charge < -0.3 is 25.3 Å². The average Bonchev–Trinajstić information content (AvgIpc) is 2.90. The number of nitrogens with zero attached hydrogens (tertiary/aromatic N) is 1. The number of aliphatic hydroxyl groups excluding tert-OH is 2. The first-order chi connectivity index (χ1) is 11.8. The topological polar surface area (TPSA) is 80.6 Å². The molecule has 0 saturated heterocycles. The predicted molar refractivity (Wildman–Crippen MR) is 98.2 cm³/mol. The molecule has 140 valence electrons. The zero-order valence-corrected chi connectivity index (χ0v) is 15.3. The van der Waals surface area contributed by atoms with Gasteiger partial charge in [-0.3, -0.25) is 0 Å². The third kappa shape index (κ3) is 4.51. The molecule has 1 aromatic carbocycles. The van der Waals surface area contributed by atoms with Crippen molar-refractivity contribution in [3.63, 3.8) is 0 Å². The summed E-state index contributed by atoms with van der Waals surface area (Å²) in [5.41, 5.74) is 6.70. The molecule has 0 aliphatic carbocycles. The molecule has 0 aliphatic heterocycles. The lowest BCUT2D eigenvalue weighted by Gasteiger charge is -2.26. The van der Waals surface area contributed by atoms with Crippen LogP contribution >= 0.6 is 0 Å². The summed E-state index contributed by atoms with van der Waals surface area (Å²) in [5.74, 6) is -0.492. The highest BCUT2D eigenvalue weighted by molar-refractivity contribution is 5.85. The molecule has 1 heterocycles. The number of benzene rings is 1. The molecular formula is C19H29FN2O3. The van der Waals surface area contributed by atoms with Gasteiger partial charge in [0.15, 0.2) is 0 Å². The number of nitrogens with two attached hydrogens (primary N) is 1.